The van der Waals surface area contributed by atoms with Crippen molar-refractivity contribution < 1.29 is 19.1 Å². The predicted octanol–water partition coefficient (Wildman–Crippen LogP) is 1.18. The van der Waals surface area contributed by atoms with E-state index >= 15 is 0 Å². The van der Waals surface area contributed by atoms with E-state index in [-0.39, 0.29) is 18.1 Å². The van der Waals surface area contributed by atoms with Crippen molar-refractivity contribution in [1.82, 2.24) is 0 Å². The first-order valence-corrected chi connectivity index (χ1v) is 4.74. The summed E-state index contributed by atoms with van der Waals surface area (Å²) in [5.41, 5.74) is 0. The second-order valence-electron chi connectivity index (χ2n) is 3.35. The molecule has 14 heavy (non-hydrogen) atoms. The molecule has 0 rings (SSSR count). The van der Waals surface area contributed by atoms with Crippen LogP contribution in [0.5, 0.6) is 0 Å². The summed E-state index contributed by atoms with van der Waals surface area (Å²) < 4.78 is 9.67. The number of ketones is 1. The minimum atomic E-state index is -0.514. The zero-order valence-corrected chi connectivity index (χ0v) is 9.20. The van der Waals surface area contributed by atoms with Crippen molar-refractivity contribution in [3.05, 3.63) is 0 Å². The molecule has 0 N–H and O–H groups in total. The fourth-order valence-electron chi connectivity index (χ4n) is 1.23. The first-order valence-electron chi connectivity index (χ1n) is 4.74. The first-order chi connectivity index (χ1) is 6.52. The molecule has 0 aromatic carbocycles. The SMILES string of the molecule is CCOC(=O)CC(=O)C(OC)C(C)C. The number of methoxy groups -OCH3 is 1. The van der Waals surface area contributed by atoms with Crippen LogP contribution < -0.4 is 0 Å². The van der Waals surface area contributed by atoms with Crippen LogP contribution in [0.4, 0.5) is 0 Å². The largest absolute Gasteiger partial charge is 0.466 e. The first kappa shape index (κ1) is 13.1. The average Bonchev–Trinajstić information content (AvgIpc) is 2.04. The summed E-state index contributed by atoms with van der Waals surface area (Å²) in [4.78, 5) is 22.5. The maximum Gasteiger partial charge on any atom is 0.313 e. The molecule has 0 fully saturated rings. The Morgan fingerprint density at radius 2 is 1.86 bits per heavy atom. The lowest BCUT2D eigenvalue weighted by Crippen LogP contribution is -2.30. The van der Waals surface area contributed by atoms with E-state index in [0.717, 1.165) is 0 Å². The predicted molar refractivity (Wildman–Crippen MR) is 51.9 cm³/mol. The quantitative estimate of drug-likeness (QED) is 0.479. The molecule has 0 saturated carbocycles. The second-order valence-corrected chi connectivity index (χ2v) is 3.35. The number of Topliss-reactive ketones (excluding diaryl/α,β-unsaturated/α-hetero) is 1. The lowest BCUT2D eigenvalue weighted by atomic mass is 10.0. The summed E-state index contributed by atoms with van der Waals surface area (Å²) in [6.07, 6.45) is -0.718. The lowest BCUT2D eigenvalue weighted by Gasteiger charge is -2.16. The molecule has 0 aliphatic rings. The van der Waals surface area contributed by atoms with Crippen LogP contribution in [0.1, 0.15) is 27.2 Å². The van der Waals surface area contributed by atoms with Crippen LogP contribution in [0.2, 0.25) is 0 Å². The molecule has 1 atom stereocenters. The summed E-state index contributed by atoms with van der Waals surface area (Å²) >= 11 is 0. The zero-order chi connectivity index (χ0) is 11.1. The monoisotopic (exact) mass is 202 g/mol. The third-order valence-corrected chi connectivity index (χ3v) is 1.80. The zero-order valence-electron chi connectivity index (χ0n) is 9.20. The normalized spacial score (nSPS) is 12.6. The van der Waals surface area contributed by atoms with Crippen LogP contribution in [0.15, 0.2) is 0 Å². The van der Waals surface area contributed by atoms with Gasteiger partial charge in [-0.2, -0.15) is 0 Å². The van der Waals surface area contributed by atoms with Gasteiger partial charge in [0.05, 0.1) is 6.61 Å². The molecule has 1 unspecified atom stereocenters. The molecule has 0 heterocycles. The highest BCUT2D eigenvalue weighted by molar-refractivity contribution is 5.98. The van der Waals surface area contributed by atoms with E-state index in [1.165, 1.54) is 7.11 Å². The third-order valence-electron chi connectivity index (χ3n) is 1.80. The Bertz CT molecular complexity index is 198. The molecule has 0 aliphatic heterocycles. The third kappa shape index (κ3) is 4.37. The molecule has 82 valence electrons. The summed E-state index contributed by atoms with van der Waals surface area (Å²) in [7, 11) is 1.47. The molecule has 4 nitrogen and oxygen atoms in total. The number of rotatable bonds is 6. The van der Waals surface area contributed by atoms with E-state index in [9.17, 15) is 9.59 Å². The highest BCUT2D eigenvalue weighted by atomic mass is 16.5. The summed E-state index contributed by atoms with van der Waals surface area (Å²) in [5.74, 6) is -0.636. The van der Waals surface area contributed by atoms with Crippen LogP contribution in [-0.4, -0.2) is 31.6 Å². The van der Waals surface area contributed by atoms with Crippen molar-refractivity contribution in [2.75, 3.05) is 13.7 Å². The Hall–Kier alpha value is -0.900. The maximum absolute atomic E-state index is 11.5. The van der Waals surface area contributed by atoms with Gasteiger partial charge in [-0.05, 0) is 12.8 Å². The topological polar surface area (TPSA) is 52.6 Å². The lowest BCUT2D eigenvalue weighted by molar-refractivity contribution is -0.148. The van der Waals surface area contributed by atoms with Gasteiger partial charge in [-0.25, -0.2) is 0 Å². The second kappa shape index (κ2) is 6.54. The van der Waals surface area contributed by atoms with Crippen LogP contribution in [0, 0.1) is 5.92 Å². The van der Waals surface area contributed by atoms with Gasteiger partial charge in [-0.15, -0.1) is 0 Å². The molecule has 0 bridgehead atoms. The van der Waals surface area contributed by atoms with Crippen molar-refractivity contribution in [2.24, 2.45) is 5.92 Å². The molecule has 4 heteroatoms. The molecule has 0 aliphatic carbocycles. The Morgan fingerprint density at radius 1 is 1.29 bits per heavy atom. The van der Waals surface area contributed by atoms with E-state index in [2.05, 4.69) is 4.74 Å². The Morgan fingerprint density at radius 3 is 2.21 bits per heavy atom. The minimum Gasteiger partial charge on any atom is -0.466 e. The van der Waals surface area contributed by atoms with E-state index in [0.29, 0.717) is 6.61 Å². The Balaban J connectivity index is 4.11. The molecule has 0 amide bonds. The van der Waals surface area contributed by atoms with Gasteiger partial charge >= 0.3 is 5.97 Å². The van der Waals surface area contributed by atoms with Gasteiger partial charge < -0.3 is 9.47 Å². The van der Waals surface area contributed by atoms with E-state index in [1.54, 1.807) is 6.92 Å². The average molecular weight is 202 g/mol. The van der Waals surface area contributed by atoms with Gasteiger partial charge in [0.15, 0.2) is 5.78 Å². The molecule has 0 aromatic heterocycles. The Kier molecular flexibility index (Phi) is 6.12. The van der Waals surface area contributed by atoms with Crippen LogP contribution in [0.25, 0.3) is 0 Å². The number of ether oxygens (including phenoxy) is 2. The number of hydrogen-bond donors (Lipinski definition) is 0. The molecule has 0 spiro atoms. The summed E-state index contributed by atoms with van der Waals surface area (Å²) in [6.45, 7) is 5.75. The molecular weight excluding hydrogens is 184 g/mol. The molecule has 0 radical (unpaired) electrons. The number of esters is 1. The van der Waals surface area contributed by atoms with Gasteiger partial charge in [0.1, 0.15) is 12.5 Å². The van der Waals surface area contributed by atoms with E-state index < -0.39 is 12.1 Å². The van der Waals surface area contributed by atoms with Crippen LogP contribution in [0.3, 0.4) is 0 Å². The van der Waals surface area contributed by atoms with Crippen molar-refractivity contribution in [3.8, 4) is 0 Å². The molecule has 0 saturated heterocycles. The Labute approximate surface area is 84.6 Å². The van der Waals surface area contributed by atoms with E-state index in [4.69, 9.17) is 4.74 Å². The standard InChI is InChI=1S/C10H18O4/c1-5-14-9(12)6-8(11)10(13-4)7(2)3/h7,10H,5-6H2,1-4H3. The highest BCUT2D eigenvalue weighted by Crippen LogP contribution is 2.09. The van der Waals surface area contributed by atoms with Gasteiger partial charge in [0, 0.05) is 7.11 Å². The van der Waals surface area contributed by atoms with Crippen molar-refractivity contribution in [3.63, 3.8) is 0 Å². The van der Waals surface area contributed by atoms with Gasteiger partial charge in [0.2, 0.25) is 0 Å². The van der Waals surface area contributed by atoms with Gasteiger partial charge in [-0.1, -0.05) is 13.8 Å². The highest BCUT2D eigenvalue weighted by Gasteiger charge is 2.23. The minimum absolute atomic E-state index is 0.0712. The maximum atomic E-state index is 11.5. The molecule has 0 aromatic rings. The smallest absolute Gasteiger partial charge is 0.313 e. The van der Waals surface area contributed by atoms with Gasteiger partial charge in [-0.3, -0.25) is 9.59 Å². The summed E-state index contributed by atoms with van der Waals surface area (Å²) in [5, 5.41) is 0. The van der Waals surface area contributed by atoms with Gasteiger partial charge in [0.25, 0.3) is 0 Å². The van der Waals surface area contributed by atoms with Crippen LogP contribution in [-0.2, 0) is 19.1 Å². The van der Waals surface area contributed by atoms with Crippen molar-refractivity contribution in [2.45, 2.75) is 33.3 Å². The summed E-state index contributed by atoms with van der Waals surface area (Å²) in [6, 6.07) is 0. The number of hydrogen-bond acceptors (Lipinski definition) is 4. The fourth-order valence-corrected chi connectivity index (χ4v) is 1.23. The molecular formula is C10H18O4. The van der Waals surface area contributed by atoms with Crippen molar-refractivity contribution >= 4 is 11.8 Å². The van der Waals surface area contributed by atoms with Crippen molar-refractivity contribution in [1.29, 1.82) is 0 Å². The van der Waals surface area contributed by atoms with E-state index in [1.807, 2.05) is 13.8 Å². The van der Waals surface area contributed by atoms with Crippen LogP contribution >= 0.6 is 0 Å². The number of carbonyl (C=O) groups is 2. The fraction of sp³-hybridized carbons (Fsp3) is 0.800. The number of carbonyl (C=O) groups excluding carboxylic acids is 2.